The van der Waals surface area contributed by atoms with Gasteiger partial charge in [0.2, 0.25) is 0 Å². The first kappa shape index (κ1) is 19.2. The highest BCUT2D eigenvalue weighted by Crippen LogP contribution is 2.19. The highest BCUT2D eigenvalue weighted by atomic mass is 35.5. The summed E-state index contributed by atoms with van der Waals surface area (Å²) in [6.07, 6.45) is 0.795. The van der Waals surface area contributed by atoms with Crippen molar-refractivity contribution in [3.05, 3.63) is 87.4 Å². The number of carbonyl (C=O) groups excluding carboxylic acids is 1. The number of halogens is 1. The number of rotatable bonds is 5. The first-order chi connectivity index (χ1) is 14.0. The van der Waals surface area contributed by atoms with E-state index in [1.165, 1.54) is 0 Å². The number of aromatic nitrogens is 2. The van der Waals surface area contributed by atoms with Crippen molar-refractivity contribution in [2.24, 2.45) is 0 Å². The first-order valence-electron chi connectivity index (χ1n) is 9.51. The molecule has 0 saturated heterocycles. The van der Waals surface area contributed by atoms with Gasteiger partial charge in [-0.25, -0.2) is 4.98 Å². The van der Waals surface area contributed by atoms with Crippen LogP contribution in [0.4, 0.5) is 0 Å². The maximum atomic E-state index is 13.2. The quantitative estimate of drug-likeness (QED) is 0.519. The molecular weight excluding hydrogens is 386 g/mol. The lowest BCUT2D eigenvalue weighted by molar-refractivity contribution is 0.0739. The Morgan fingerprint density at radius 3 is 2.66 bits per heavy atom. The van der Waals surface area contributed by atoms with Gasteiger partial charge in [-0.05, 0) is 47.5 Å². The minimum Gasteiger partial charge on any atom is -0.331 e. The number of aromatic amines is 1. The van der Waals surface area contributed by atoms with Gasteiger partial charge in [0.1, 0.15) is 5.82 Å². The largest absolute Gasteiger partial charge is 0.331 e. The minimum atomic E-state index is -0.240. The van der Waals surface area contributed by atoms with Gasteiger partial charge in [-0.3, -0.25) is 9.59 Å². The van der Waals surface area contributed by atoms with E-state index in [1.807, 2.05) is 49.4 Å². The lowest BCUT2D eigenvalue weighted by atomic mass is 10.1. The Hall–Kier alpha value is -3.18. The van der Waals surface area contributed by atoms with Crippen molar-refractivity contribution >= 4 is 39.2 Å². The molecule has 3 aromatic carbocycles. The van der Waals surface area contributed by atoms with Gasteiger partial charge >= 0.3 is 0 Å². The lowest BCUT2D eigenvalue weighted by Gasteiger charge is -2.22. The van der Waals surface area contributed by atoms with Crippen LogP contribution in [0.15, 0.2) is 65.5 Å². The molecule has 0 unspecified atom stereocenters. The predicted molar refractivity (Wildman–Crippen MR) is 116 cm³/mol. The molecule has 6 heteroatoms. The lowest BCUT2D eigenvalue weighted by Crippen LogP contribution is -2.32. The van der Waals surface area contributed by atoms with Crippen LogP contribution in [0, 0.1) is 0 Å². The summed E-state index contributed by atoms with van der Waals surface area (Å²) in [5, 5.41) is 3.09. The zero-order valence-corrected chi connectivity index (χ0v) is 16.7. The molecule has 1 N–H and O–H groups in total. The predicted octanol–water partition coefficient (Wildman–Crippen LogP) is 4.78. The summed E-state index contributed by atoms with van der Waals surface area (Å²) in [5.41, 5.74) is 0.894. The van der Waals surface area contributed by atoms with E-state index in [0.29, 0.717) is 33.9 Å². The average molecular weight is 406 g/mol. The number of H-pyrrole nitrogens is 1. The zero-order valence-electron chi connectivity index (χ0n) is 16.0. The smallest absolute Gasteiger partial charge is 0.258 e. The summed E-state index contributed by atoms with van der Waals surface area (Å²) in [5.74, 6) is 0.346. The number of fused-ring (bicyclic) bond motifs is 2. The second kappa shape index (κ2) is 8.05. The Bertz CT molecular complexity index is 1270. The zero-order chi connectivity index (χ0) is 20.4. The fourth-order valence-electron chi connectivity index (χ4n) is 3.44. The molecule has 0 bridgehead atoms. The van der Waals surface area contributed by atoms with Gasteiger partial charge in [0.05, 0.1) is 17.4 Å². The number of carbonyl (C=O) groups is 1. The van der Waals surface area contributed by atoms with Crippen LogP contribution < -0.4 is 5.56 Å². The molecule has 0 spiro atoms. The van der Waals surface area contributed by atoms with E-state index in [2.05, 4.69) is 9.97 Å². The minimum absolute atomic E-state index is 0.0913. The molecule has 0 aliphatic rings. The van der Waals surface area contributed by atoms with Crippen LogP contribution in [0.3, 0.4) is 0 Å². The van der Waals surface area contributed by atoms with Gasteiger partial charge < -0.3 is 9.88 Å². The summed E-state index contributed by atoms with van der Waals surface area (Å²) >= 11 is 6.04. The first-order valence-corrected chi connectivity index (χ1v) is 9.89. The van der Waals surface area contributed by atoms with Gasteiger partial charge in [-0.2, -0.15) is 0 Å². The van der Waals surface area contributed by atoms with E-state index in [-0.39, 0.29) is 18.0 Å². The summed E-state index contributed by atoms with van der Waals surface area (Å²) in [6, 6.07) is 18.6. The molecule has 4 aromatic rings. The van der Waals surface area contributed by atoms with Gasteiger partial charge in [0.25, 0.3) is 11.5 Å². The summed E-state index contributed by atoms with van der Waals surface area (Å²) in [4.78, 5) is 34.6. The van der Waals surface area contributed by atoms with Crippen LogP contribution in [0.2, 0.25) is 5.02 Å². The van der Waals surface area contributed by atoms with Gasteiger partial charge in [-0.1, -0.05) is 48.9 Å². The van der Waals surface area contributed by atoms with E-state index in [0.717, 1.165) is 17.2 Å². The second-order valence-electron chi connectivity index (χ2n) is 6.96. The van der Waals surface area contributed by atoms with Gasteiger partial charge in [0, 0.05) is 17.1 Å². The average Bonchev–Trinajstić information content (AvgIpc) is 2.72. The van der Waals surface area contributed by atoms with Crippen LogP contribution in [0.25, 0.3) is 21.7 Å². The molecule has 146 valence electrons. The normalized spacial score (nSPS) is 11.1. The van der Waals surface area contributed by atoms with E-state index in [1.54, 1.807) is 23.1 Å². The molecule has 1 amide bonds. The van der Waals surface area contributed by atoms with Crippen molar-refractivity contribution in [3.63, 3.8) is 0 Å². The topological polar surface area (TPSA) is 66.1 Å². The van der Waals surface area contributed by atoms with Crippen LogP contribution >= 0.6 is 11.6 Å². The van der Waals surface area contributed by atoms with Crippen molar-refractivity contribution in [1.82, 2.24) is 14.9 Å². The Kier molecular flexibility index (Phi) is 5.32. The summed E-state index contributed by atoms with van der Waals surface area (Å²) in [6.45, 7) is 2.79. The monoisotopic (exact) mass is 405 g/mol. The molecule has 29 heavy (non-hydrogen) atoms. The Labute approximate surface area is 173 Å². The fraction of sp³-hybridized carbons (Fsp3) is 0.174. The SMILES string of the molecule is CCCN(Cc1nc2cc(Cl)ccc2c(=O)[nH]1)C(=O)c1ccc2ccccc2c1. The molecule has 1 aromatic heterocycles. The van der Waals surface area contributed by atoms with Crippen LogP contribution in [-0.4, -0.2) is 27.3 Å². The van der Waals surface area contributed by atoms with Crippen molar-refractivity contribution in [3.8, 4) is 0 Å². The highest BCUT2D eigenvalue weighted by molar-refractivity contribution is 6.31. The number of hydrogen-bond acceptors (Lipinski definition) is 3. The standard InChI is InChI=1S/C23H20ClN3O2/c1-2-11-27(23(29)17-8-7-15-5-3-4-6-16(15)12-17)14-21-25-20-13-18(24)9-10-19(20)22(28)26-21/h3-10,12-13H,2,11,14H2,1H3,(H,25,26,28). The molecule has 5 nitrogen and oxygen atoms in total. The number of hydrogen-bond donors (Lipinski definition) is 1. The molecular formula is C23H20ClN3O2. The van der Waals surface area contributed by atoms with E-state index in [4.69, 9.17) is 11.6 Å². The fourth-order valence-corrected chi connectivity index (χ4v) is 3.61. The summed E-state index contributed by atoms with van der Waals surface area (Å²) in [7, 11) is 0. The third-order valence-electron chi connectivity index (χ3n) is 4.84. The molecule has 0 aliphatic heterocycles. The molecule has 0 fully saturated rings. The van der Waals surface area contributed by atoms with Crippen molar-refractivity contribution in [2.75, 3.05) is 6.54 Å². The van der Waals surface area contributed by atoms with E-state index >= 15 is 0 Å². The van der Waals surface area contributed by atoms with Crippen molar-refractivity contribution in [2.45, 2.75) is 19.9 Å². The summed E-state index contributed by atoms with van der Waals surface area (Å²) < 4.78 is 0. The van der Waals surface area contributed by atoms with Gasteiger partial charge in [-0.15, -0.1) is 0 Å². The van der Waals surface area contributed by atoms with E-state index in [9.17, 15) is 9.59 Å². The molecule has 0 atom stereocenters. The molecule has 0 saturated carbocycles. The van der Waals surface area contributed by atoms with Gasteiger partial charge in [0.15, 0.2) is 0 Å². The number of nitrogens with one attached hydrogen (secondary N) is 1. The Morgan fingerprint density at radius 2 is 1.86 bits per heavy atom. The Morgan fingerprint density at radius 1 is 1.07 bits per heavy atom. The number of benzene rings is 3. The third-order valence-corrected chi connectivity index (χ3v) is 5.07. The van der Waals surface area contributed by atoms with Crippen LogP contribution in [0.1, 0.15) is 29.5 Å². The Balaban J connectivity index is 1.67. The maximum Gasteiger partial charge on any atom is 0.258 e. The molecule has 4 rings (SSSR count). The van der Waals surface area contributed by atoms with Crippen LogP contribution in [-0.2, 0) is 6.54 Å². The molecule has 0 aliphatic carbocycles. The number of nitrogens with zero attached hydrogens (tertiary/aromatic N) is 2. The van der Waals surface area contributed by atoms with Crippen molar-refractivity contribution < 1.29 is 4.79 Å². The highest BCUT2D eigenvalue weighted by Gasteiger charge is 2.17. The molecule has 0 radical (unpaired) electrons. The van der Waals surface area contributed by atoms with Crippen molar-refractivity contribution in [1.29, 1.82) is 0 Å². The molecule has 1 heterocycles. The third kappa shape index (κ3) is 4.00. The number of amides is 1. The maximum absolute atomic E-state index is 13.2. The second-order valence-corrected chi connectivity index (χ2v) is 7.40. The van der Waals surface area contributed by atoms with E-state index < -0.39 is 0 Å². The van der Waals surface area contributed by atoms with Crippen LogP contribution in [0.5, 0.6) is 0 Å².